The van der Waals surface area contributed by atoms with E-state index in [0.29, 0.717) is 31.0 Å². The Morgan fingerprint density at radius 1 is 1.47 bits per heavy atom. The number of aliphatic carboxylic acids is 1. The Bertz CT molecular complexity index is 491. The van der Waals surface area contributed by atoms with Crippen LogP contribution in [0.2, 0.25) is 0 Å². The number of hydrogen-bond donors (Lipinski definition) is 2. The summed E-state index contributed by atoms with van der Waals surface area (Å²) in [7, 11) is 0. The van der Waals surface area contributed by atoms with Crippen LogP contribution in [-0.2, 0) is 16.0 Å². The van der Waals surface area contributed by atoms with Crippen LogP contribution in [0.25, 0.3) is 0 Å². The molecule has 1 aromatic heterocycles. The number of carboxylic acids is 1. The minimum atomic E-state index is -1.03. The maximum atomic E-state index is 11.7. The lowest BCUT2D eigenvalue weighted by Gasteiger charge is -2.11. The van der Waals surface area contributed by atoms with E-state index in [1.807, 2.05) is 13.8 Å². The molecule has 2 N–H and O–H groups in total. The lowest BCUT2D eigenvalue weighted by molar-refractivity contribution is -0.143. The fraction of sp³-hybridized carbons (Fsp3) is 0.667. The first kappa shape index (κ1) is 13.5. The Kier molecular flexibility index (Phi) is 3.55. The molecule has 2 rings (SSSR count). The molecule has 0 bridgehead atoms. The van der Waals surface area contributed by atoms with Gasteiger partial charge in [0.1, 0.15) is 5.54 Å². The molecule has 1 heterocycles. The number of nitrogens with one attached hydrogen (secondary N) is 1. The quantitative estimate of drug-likeness (QED) is 0.791. The molecular weight excluding hydrogens is 250 g/mol. The van der Waals surface area contributed by atoms with Crippen molar-refractivity contribution in [3.8, 4) is 0 Å². The third kappa shape index (κ3) is 3.10. The number of aryl methyl sites for hydroxylation is 1. The van der Waals surface area contributed by atoms with Crippen LogP contribution >= 0.6 is 0 Å². The van der Waals surface area contributed by atoms with Crippen LogP contribution in [0, 0.1) is 0 Å². The van der Waals surface area contributed by atoms with Gasteiger partial charge in [-0.05, 0) is 12.8 Å². The van der Waals surface area contributed by atoms with Gasteiger partial charge in [0, 0.05) is 18.8 Å². The molecule has 0 saturated heterocycles. The number of rotatable bonds is 6. The summed E-state index contributed by atoms with van der Waals surface area (Å²) in [5.74, 6) is -0.0865. The predicted molar refractivity (Wildman–Crippen MR) is 64.5 cm³/mol. The molecule has 1 saturated carbocycles. The zero-order valence-electron chi connectivity index (χ0n) is 11.0. The summed E-state index contributed by atoms with van der Waals surface area (Å²) < 4.78 is 5.01. The number of carbonyl (C=O) groups is 2. The third-order valence-electron chi connectivity index (χ3n) is 3.10. The molecule has 1 amide bonds. The Morgan fingerprint density at radius 2 is 2.16 bits per heavy atom. The van der Waals surface area contributed by atoms with Crippen molar-refractivity contribution in [2.45, 2.75) is 51.0 Å². The Labute approximate surface area is 110 Å². The van der Waals surface area contributed by atoms with Gasteiger partial charge in [-0.25, -0.2) is 4.79 Å². The summed E-state index contributed by atoms with van der Waals surface area (Å²) in [6.07, 6.45) is 1.45. The van der Waals surface area contributed by atoms with Gasteiger partial charge in [0.25, 0.3) is 0 Å². The predicted octanol–water partition coefficient (Wildman–Crippen LogP) is 0.859. The summed E-state index contributed by atoms with van der Waals surface area (Å²) in [6, 6.07) is 0. The second kappa shape index (κ2) is 4.99. The third-order valence-corrected chi connectivity index (χ3v) is 3.10. The van der Waals surface area contributed by atoms with Crippen molar-refractivity contribution in [2.75, 3.05) is 0 Å². The van der Waals surface area contributed by atoms with E-state index in [1.54, 1.807) is 0 Å². The van der Waals surface area contributed by atoms with Gasteiger partial charge in [0.15, 0.2) is 5.82 Å². The largest absolute Gasteiger partial charge is 0.480 e. The lowest BCUT2D eigenvalue weighted by atomic mass is 10.2. The molecule has 1 aromatic rings. The van der Waals surface area contributed by atoms with Gasteiger partial charge in [0.2, 0.25) is 11.8 Å². The average Bonchev–Trinajstić information content (AvgIpc) is 2.96. The molecule has 7 nitrogen and oxygen atoms in total. The molecule has 0 unspecified atom stereocenters. The van der Waals surface area contributed by atoms with Crippen molar-refractivity contribution in [2.24, 2.45) is 0 Å². The highest BCUT2D eigenvalue weighted by Crippen LogP contribution is 2.35. The summed E-state index contributed by atoms with van der Waals surface area (Å²) in [4.78, 5) is 26.7. The summed E-state index contributed by atoms with van der Waals surface area (Å²) in [6.45, 7) is 3.90. The van der Waals surface area contributed by atoms with Crippen molar-refractivity contribution < 1.29 is 19.2 Å². The van der Waals surface area contributed by atoms with Crippen molar-refractivity contribution in [1.82, 2.24) is 15.5 Å². The molecule has 0 aliphatic heterocycles. The van der Waals surface area contributed by atoms with E-state index < -0.39 is 11.5 Å². The molecular formula is C12H17N3O4. The van der Waals surface area contributed by atoms with E-state index in [0.717, 1.165) is 0 Å². The summed E-state index contributed by atoms with van der Waals surface area (Å²) >= 11 is 0. The molecule has 0 radical (unpaired) electrons. The van der Waals surface area contributed by atoms with E-state index in [2.05, 4.69) is 15.5 Å². The highest BCUT2D eigenvalue weighted by molar-refractivity contribution is 5.89. The smallest absolute Gasteiger partial charge is 0.329 e. The number of carbonyl (C=O) groups excluding carboxylic acids is 1. The van der Waals surface area contributed by atoms with Crippen LogP contribution < -0.4 is 5.32 Å². The van der Waals surface area contributed by atoms with E-state index in [-0.39, 0.29) is 18.2 Å². The van der Waals surface area contributed by atoms with Crippen molar-refractivity contribution in [3.05, 3.63) is 11.7 Å². The molecule has 19 heavy (non-hydrogen) atoms. The monoisotopic (exact) mass is 267 g/mol. The number of carboxylic acid groups (broad SMARTS) is 1. The van der Waals surface area contributed by atoms with Gasteiger partial charge < -0.3 is 14.9 Å². The second-order valence-corrected chi connectivity index (χ2v) is 5.14. The van der Waals surface area contributed by atoms with Gasteiger partial charge in [-0.15, -0.1) is 0 Å². The number of aromatic nitrogens is 2. The average molecular weight is 267 g/mol. The fourth-order valence-electron chi connectivity index (χ4n) is 1.67. The zero-order valence-corrected chi connectivity index (χ0v) is 11.0. The summed E-state index contributed by atoms with van der Waals surface area (Å²) in [5.41, 5.74) is -1.03. The maximum absolute atomic E-state index is 11.7. The first-order chi connectivity index (χ1) is 8.93. The standard InChI is InChI=1S/C12H17N3O4/c1-7(2)10-13-9(19-15-10)4-3-8(16)14-12(5-6-12)11(17)18/h7H,3-6H2,1-2H3,(H,14,16)(H,17,18). The lowest BCUT2D eigenvalue weighted by Crippen LogP contribution is -2.43. The van der Waals surface area contributed by atoms with Crippen molar-refractivity contribution in [3.63, 3.8) is 0 Å². The Balaban J connectivity index is 1.82. The number of hydrogen-bond acceptors (Lipinski definition) is 5. The van der Waals surface area contributed by atoms with Gasteiger partial charge in [0.05, 0.1) is 0 Å². The van der Waals surface area contributed by atoms with Crippen LogP contribution in [0.3, 0.4) is 0 Å². The van der Waals surface area contributed by atoms with Crippen LogP contribution in [-0.4, -0.2) is 32.7 Å². The molecule has 1 aliphatic carbocycles. The normalized spacial score (nSPS) is 16.4. The highest BCUT2D eigenvalue weighted by Gasteiger charge is 2.51. The van der Waals surface area contributed by atoms with Gasteiger partial charge in [-0.1, -0.05) is 19.0 Å². The number of nitrogens with zero attached hydrogens (tertiary/aromatic N) is 2. The Hall–Kier alpha value is -1.92. The highest BCUT2D eigenvalue weighted by atomic mass is 16.5. The van der Waals surface area contributed by atoms with Crippen LogP contribution in [0.5, 0.6) is 0 Å². The van der Waals surface area contributed by atoms with Crippen molar-refractivity contribution in [1.29, 1.82) is 0 Å². The molecule has 104 valence electrons. The van der Waals surface area contributed by atoms with E-state index in [9.17, 15) is 9.59 Å². The minimum absolute atomic E-state index is 0.148. The molecule has 1 fully saturated rings. The van der Waals surface area contributed by atoms with Crippen LogP contribution in [0.1, 0.15) is 50.7 Å². The Morgan fingerprint density at radius 3 is 2.63 bits per heavy atom. The molecule has 0 aromatic carbocycles. The van der Waals surface area contributed by atoms with E-state index >= 15 is 0 Å². The maximum Gasteiger partial charge on any atom is 0.329 e. The zero-order chi connectivity index (χ0) is 14.0. The first-order valence-corrected chi connectivity index (χ1v) is 6.30. The second-order valence-electron chi connectivity index (χ2n) is 5.14. The van der Waals surface area contributed by atoms with E-state index in [1.165, 1.54) is 0 Å². The van der Waals surface area contributed by atoms with Gasteiger partial charge in [-0.2, -0.15) is 4.98 Å². The number of amides is 1. The molecule has 0 spiro atoms. The van der Waals surface area contributed by atoms with Crippen LogP contribution in [0.15, 0.2) is 4.52 Å². The van der Waals surface area contributed by atoms with E-state index in [4.69, 9.17) is 9.63 Å². The first-order valence-electron chi connectivity index (χ1n) is 6.30. The van der Waals surface area contributed by atoms with Crippen molar-refractivity contribution >= 4 is 11.9 Å². The molecule has 0 atom stereocenters. The topological polar surface area (TPSA) is 105 Å². The van der Waals surface area contributed by atoms with Gasteiger partial charge in [-0.3, -0.25) is 4.79 Å². The molecule has 7 heteroatoms. The SMILES string of the molecule is CC(C)c1noc(CCC(=O)NC2(C(=O)O)CC2)n1. The summed E-state index contributed by atoms with van der Waals surface area (Å²) in [5, 5.41) is 15.3. The fourth-order valence-corrected chi connectivity index (χ4v) is 1.67. The van der Waals surface area contributed by atoms with Crippen LogP contribution in [0.4, 0.5) is 0 Å². The van der Waals surface area contributed by atoms with Gasteiger partial charge >= 0.3 is 5.97 Å². The minimum Gasteiger partial charge on any atom is -0.480 e. The molecule has 1 aliphatic rings.